The van der Waals surface area contributed by atoms with E-state index in [1.165, 1.54) is 89.9 Å². The lowest BCUT2D eigenvalue weighted by Gasteiger charge is -2.43. The Hall–Kier alpha value is -0.330. The Bertz CT molecular complexity index is 379. The summed E-state index contributed by atoms with van der Waals surface area (Å²) in [6.07, 6.45) is 22.0. The number of hydrogen-bond donors (Lipinski definition) is 0. The Labute approximate surface area is 150 Å². The lowest BCUT2D eigenvalue weighted by Crippen LogP contribution is -2.34. The van der Waals surface area contributed by atoms with E-state index in [-0.39, 0.29) is 0 Å². The highest BCUT2D eigenvalue weighted by atomic mass is 16.1. The van der Waals surface area contributed by atoms with Crippen LogP contribution < -0.4 is 0 Å². The van der Waals surface area contributed by atoms with Gasteiger partial charge in [-0.15, -0.1) is 0 Å². The van der Waals surface area contributed by atoms with Crippen molar-refractivity contribution in [3.63, 3.8) is 0 Å². The second kappa shape index (κ2) is 9.39. The molecule has 0 radical (unpaired) electrons. The van der Waals surface area contributed by atoms with Crippen molar-refractivity contribution in [1.29, 1.82) is 0 Å². The third kappa shape index (κ3) is 5.09. The van der Waals surface area contributed by atoms with Gasteiger partial charge in [0.05, 0.1) is 0 Å². The molecular weight excluding hydrogens is 292 g/mol. The van der Waals surface area contributed by atoms with Crippen molar-refractivity contribution < 1.29 is 4.79 Å². The van der Waals surface area contributed by atoms with E-state index in [1.807, 2.05) is 0 Å². The Morgan fingerprint density at radius 3 is 2.21 bits per heavy atom. The Balaban J connectivity index is 1.34. The first-order chi connectivity index (χ1) is 11.8. The van der Waals surface area contributed by atoms with Crippen LogP contribution in [0, 0.1) is 29.6 Å². The van der Waals surface area contributed by atoms with E-state index in [0.717, 1.165) is 42.4 Å². The van der Waals surface area contributed by atoms with Gasteiger partial charge in [-0.2, -0.15) is 0 Å². The van der Waals surface area contributed by atoms with Gasteiger partial charge >= 0.3 is 0 Å². The number of hydrogen-bond acceptors (Lipinski definition) is 1. The quantitative estimate of drug-likeness (QED) is 0.461. The summed E-state index contributed by atoms with van der Waals surface area (Å²) in [5.74, 6) is 5.30. The monoisotopic (exact) mass is 332 g/mol. The van der Waals surface area contributed by atoms with Crippen LogP contribution in [-0.4, -0.2) is 5.78 Å². The van der Waals surface area contributed by atoms with Gasteiger partial charge in [0, 0.05) is 12.8 Å². The average molecular weight is 333 g/mol. The van der Waals surface area contributed by atoms with E-state index in [4.69, 9.17) is 0 Å². The van der Waals surface area contributed by atoms with Gasteiger partial charge in [-0.3, -0.25) is 4.79 Å². The van der Waals surface area contributed by atoms with E-state index in [1.54, 1.807) is 0 Å². The van der Waals surface area contributed by atoms with Crippen LogP contribution in [0.3, 0.4) is 0 Å². The van der Waals surface area contributed by atoms with E-state index >= 15 is 0 Å². The SMILES string of the molecule is CCCCCCCC1CCC(C2CC[C@@H]3CC(=O)CC[C@H]3C2)CC1. The van der Waals surface area contributed by atoms with Gasteiger partial charge in [-0.1, -0.05) is 58.3 Å². The number of Topliss-reactive ketones (excluding diaryl/α,β-unsaturated/α-hetero) is 1. The third-order valence-electron chi connectivity index (χ3n) is 7.74. The van der Waals surface area contributed by atoms with Crippen LogP contribution in [0.25, 0.3) is 0 Å². The maximum atomic E-state index is 11.7. The van der Waals surface area contributed by atoms with Gasteiger partial charge in [0.25, 0.3) is 0 Å². The minimum Gasteiger partial charge on any atom is -0.300 e. The first-order valence-corrected chi connectivity index (χ1v) is 11.3. The minimum atomic E-state index is 0.550. The highest BCUT2D eigenvalue weighted by Crippen LogP contribution is 2.47. The Kier molecular flexibility index (Phi) is 7.22. The van der Waals surface area contributed by atoms with Crippen LogP contribution in [0.15, 0.2) is 0 Å². The molecule has 0 heterocycles. The van der Waals surface area contributed by atoms with Crippen LogP contribution in [0.5, 0.6) is 0 Å². The molecule has 0 bridgehead atoms. The molecule has 0 N–H and O–H groups in total. The number of carbonyl (C=O) groups excluding carboxylic acids is 1. The summed E-state index contributed by atoms with van der Waals surface area (Å²) in [6, 6.07) is 0. The molecule has 0 saturated heterocycles. The summed E-state index contributed by atoms with van der Waals surface area (Å²) < 4.78 is 0. The topological polar surface area (TPSA) is 17.1 Å². The largest absolute Gasteiger partial charge is 0.300 e. The first kappa shape index (κ1) is 18.5. The molecule has 0 aliphatic heterocycles. The van der Waals surface area contributed by atoms with Gasteiger partial charge in [0.15, 0.2) is 0 Å². The third-order valence-corrected chi connectivity index (χ3v) is 7.74. The summed E-state index contributed by atoms with van der Waals surface area (Å²) in [5, 5.41) is 0. The lowest BCUT2D eigenvalue weighted by molar-refractivity contribution is -0.123. The molecule has 1 nitrogen and oxygen atoms in total. The number of fused-ring (bicyclic) bond motifs is 1. The first-order valence-electron chi connectivity index (χ1n) is 11.3. The molecule has 24 heavy (non-hydrogen) atoms. The molecule has 3 rings (SSSR count). The maximum absolute atomic E-state index is 11.7. The number of carbonyl (C=O) groups is 1. The van der Waals surface area contributed by atoms with Crippen molar-refractivity contribution in [2.24, 2.45) is 29.6 Å². The van der Waals surface area contributed by atoms with E-state index in [0.29, 0.717) is 5.78 Å². The van der Waals surface area contributed by atoms with Crippen LogP contribution >= 0.6 is 0 Å². The Morgan fingerprint density at radius 2 is 1.42 bits per heavy atom. The molecule has 1 heteroatoms. The zero-order valence-electron chi connectivity index (χ0n) is 16.1. The number of ketones is 1. The maximum Gasteiger partial charge on any atom is 0.133 e. The fourth-order valence-electron chi connectivity index (χ4n) is 6.14. The molecule has 3 saturated carbocycles. The fraction of sp³-hybridized carbons (Fsp3) is 0.957. The highest BCUT2D eigenvalue weighted by Gasteiger charge is 2.38. The standard InChI is InChI=1S/C23H40O/c1-2-3-4-5-6-7-18-8-10-19(11-9-18)20-12-13-22-17-23(24)15-14-21(22)16-20/h18-22H,2-17H2,1H3/t18?,19?,20?,21-,22+/m0/s1. The van der Waals surface area contributed by atoms with Crippen molar-refractivity contribution in [3.05, 3.63) is 0 Å². The molecule has 0 spiro atoms. The van der Waals surface area contributed by atoms with E-state index < -0.39 is 0 Å². The zero-order chi connectivity index (χ0) is 16.8. The second-order valence-corrected chi connectivity index (χ2v) is 9.36. The number of rotatable bonds is 7. The molecule has 1 unspecified atom stereocenters. The molecule has 3 aliphatic carbocycles. The molecule has 3 aliphatic rings. The summed E-state index contributed by atoms with van der Waals surface area (Å²) in [7, 11) is 0. The van der Waals surface area contributed by atoms with Crippen molar-refractivity contribution in [2.75, 3.05) is 0 Å². The smallest absolute Gasteiger partial charge is 0.133 e. The lowest BCUT2D eigenvalue weighted by atomic mass is 9.62. The molecule has 0 aromatic rings. The second-order valence-electron chi connectivity index (χ2n) is 9.36. The molecule has 0 amide bonds. The van der Waals surface area contributed by atoms with Gasteiger partial charge in [-0.05, 0) is 68.1 Å². The van der Waals surface area contributed by atoms with Gasteiger partial charge in [0.2, 0.25) is 0 Å². The van der Waals surface area contributed by atoms with Gasteiger partial charge in [-0.25, -0.2) is 0 Å². The fourth-order valence-corrected chi connectivity index (χ4v) is 6.14. The molecule has 138 valence electrons. The van der Waals surface area contributed by atoms with Crippen LogP contribution in [0.2, 0.25) is 0 Å². The predicted molar refractivity (Wildman–Crippen MR) is 102 cm³/mol. The predicted octanol–water partition coefficient (Wildman–Crippen LogP) is 6.94. The van der Waals surface area contributed by atoms with Gasteiger partial charge in [0.1, 0.15) is 5.78 Å². The van der Waals surface area contributed by atoms with Crippen molar-refractivity contribution in [3.8, 4) is 0 Å². The normalized spacial score (nSPS) is 37.2. The summed E-state index contributed by atoms with van der Waals surface area (Å²) >= 11 is 0. The zero-order valence-corrected chi connectivity index (χ0v) is 16.1. The van der Waals surface area contributed by atoms with E-state index in [2.05, 4.69) is 6.92 Å². The molecular formula is C23H40O. The molecule has 0 aromatic carbocycles. The summed E-state index contributed by atoms with van der Waals surface area (Å²) in [4.78, 5) is 11.7. The van der Waals surface area contributed by atoms with Crippen molar-refractivity contribution in [1.82, 2.24) is 0 Å². The van der Waals surface area contributed by atoms with Crippen molar-refractivity contribution >= 4 is 5.78 Å². The van der Waals surface area contributed by atoms with Gasteiger partial charge < -0.3 is 0 Å². The van der Waals surface area contributed by atoms with Crippen LogP contribution in [0.1, 0.15) is 110 Å². The molecule has 3 fully saturated rings. The highest BCUT2D eigenvalue weighted by molar-refractivity contribution is 5.79. The minimum absolute atomic E-state index is 0.550. The number of unbranched alkanes of at least 4 members (excludes halogenated alkanes) is 4. The summed E-state index contributed by atoms with van der Waals surface area (Å²) in [5.41, 5.74) is 0. The Morgan fingerprint density at radius 1 is 0.750 bits per heavy atom. The van der Waals surface area contributed by atoms with Crippen molar-refractivity contribution in [2.45, 2.75) is 110 Å². The molecule has 0 aromatic heterocycles. The molecule has 3 atom stereocenters. The van der Waals surface area contributed by atoms with Crippen LogP contribution in [-0.2, 0) is 4.79 Å². The summed E-state index contributed by atoms with van der Waals surface area (Å²) in [6.45, 7) is 2.31. The average Bonchev–Trinajstić information content (AvgIpc) is 2.62. The van der Waals surface area contributed by atoms with Crippen LogP contribution in [0.4, 0.5) is 0 Å². The van der Waals surface area contributed by atoms with E-state index in [9.17, 15) is 4.79 Å².